The molecule has 2 heterocycles. The lowest BCUT2D eigenvalue weighted by Gasteiger charge is -2.18. The molecule has 31 heavy (non-hydrogen) atoms. The number of carbonyl (C=O) groups excluding carboxylic acids is 1. The van der Waals surface area contributed by atoms with Gasteiger partial charge in [0.2, 0.25) is 5.91 Å². The van der Waals surface area contributed by atoms with Crippen LogP contribution in [0.15, 0.2) is 77.6 Å². The smallest absolute Gasteiger partial charge is 0.261 e. The Morgan fingerprint density at radius 1 is 0.935 bits per heavy atom. The zero-order valence-electron chi connectivity index (χ0n) is 17.6. The van der Waals surface area contributed by atoms with Crippen molar-refractivity contribution in [1.29, 1.82) is 0 Å². The minimum atomic E-state index is -0.363. The van der Waals surface area contributed by atoms with E-state index in [9.17, 15) is 9.59 Å². The van der Waals surface area contributed by atoms with E-state index in [0.717, 1.165) is 22.4 Å². The second kappa shape index (κ2) is 7.51. The van der Waals surface area contributed by atoms with Crippen LogP contribution in [0.1, 0.15) is 28.4 Å². The minimum absolute atomic E-state index is 0.0480. The van der Waals surface area contributed by atoms with Gasteiger partial charge in [0.15, 0.2) is 0 Å². The molecule has 0 saturated carbocycles. The van der Waals surface area contributed by atoms with Gasteiger partial charge >= 0.3 is 0 Å². The molecule has 0 unspecified atom stereocenters. The molecule has 5 nitrogen and oxygen atoms in total. The normalized spacial score (nSPS) is 15.5. The molecule has 0 saturated heterocycles. The fourth-order valence-corrected chi connectivity index (χ4v) is 4.39. The number of aromatic nitrogens is 2. The fraction of sp³-hybridized carbons (Fsp3) is 0.192. The monoisotopic (exact) mass is 409 g/mol. The van der Waals surface area contributed by atoms with Gasteiger partial charge in [0, 0.05) is 19.2 Å². The zero-order valence-corrected chi connectivity index (χ0v) is 17.6. The standard InChI is InChI=1S/C26H23N3O2/c1-17-12-13-23-20(14-17)21(26(31)29(23)16-18-8-4-3-5-9-18)15-24-27-22-11-7-6-10-19(22)25(30)28(24)2/h3-14,21H,15-16H2,1-2H3/t21-/m0/s1. The predicted molar refractivity (Wildman–Crippen MR) is 122 cm³/mol. The molecule has 0 spiro atoms. The fourth-order valence-electron chi connectivity index (χ4n) is 4.39. The Bertz CT molecular complexity index is 1360. The Morgan fingerprint density at radius 3 is 2.48 bits per heavy atom. The first-order valence-corrected chi connectivity index (χ1v) is 10.4. The third-order valence-electron chi connectivity index (χ3n) is 6.06. The Morgan fingerprint density at radius 2 is 1.68 bits per heavy atom. The Labute approximate surface area is 180 Å². The molecule has 0 N–H and O–H groups in total. The molecular weight excluding hydrogens is 386 g/mol. The lowest BCUT2D eigenvalue weighted by Crippen LogP contribution is -2.30. The second-order valence-electron chi connectivity index (χ2n) is 8.14. The number of aryl methyl sites for hydroxylation is 1. The summed E-state index contributed by atoms with van der Waals surface area (Å²) < 4.78 is 1.57. The highest BCUT2D eigenvalue weighted by molar-refractivity contribution is 6.05. The van der Waals surface area contributed by atoms with E-state index in [2.05, 4.69) is 6.07 Å². The van der Waals surface area contributed by atoms with Crippen LogP contribution in [-0.2, 0) is 24.8 Å². The molecule has 3 aromatic carbocycles. The number of amides is 1. The van der Waals surface area contributed by atoms with Crippen molar-refractivity contribution in [2.75, 3.05) is 4.90 Å². The summed E-state index contributed by atoms with van der Waals surface area (Å²) in [5.74, 6) is 0.306. The third-order valence-corrected chi connectivity index (χ3v) is 6.06. The van der Waals surface area contributed by atoms with Gasteiger partial charge in [-0.15, -0.1) is 0 Å². The quantitative estimate of drug-likeness (QED) is 0.510. The van der Waals surface area contributed by atoms with E-state index in [4.69, 9.17) is 4.98 Å². The summed E-state index contributed by atoms with van der Waals surface area (Å²) in [6.45, 7) is 2.56. The van der Waals surface area contributed by atoms with Crippen LogP contribution in [0.2, 0.25) is 0 Å². The van der Waals surface area contributed by atoms with E-state index in [1.165, 1.54) is 0 Å². The van der Waals surface area contributed by atoms with Crippen molar-refractivity contribution in [2.45, 2.75) is 25.8 Å². The molecule has 0 radical (unpaired) electrons. The summed E-state index contributed by atoms with van der Waals surface area (Å²) in [5, 5.41) is 0.591. The number of hydrogen-bond acceptors (Lipinski definition) is 3. The van der Waals surface area contributed by atoms with Crippen LogP contribution >= 0.6 is 0 Å². The van der Waals surface area contributed by atoms with Gasteiger partial charge in [0.1, 0.15) is 5.82 Å². The van der Waals surface area contributed by atoms with Crippen LogP contribution in [0, 0.1) is 6.92 Å². The first kappa shape index (κ1) is 19.2. The molecule has 1 aliphatic heterocycles. The van der Waals surface area contributed by atoms with Crippen molar-refractivity contribution in [1.82, 2.24) is 9.55 Å². The molecule has 1 aliphatic rings. The van der Waals surface area contributed by atoms with E-state index in [0.29, 0.717) is 29.7 Å². The maximum Gasteiger partial charge on any atom is 0.261 e. The number of para-hydroxylation sites is 1. The van der Waals surface area contributed by atoms with Crippen molar-refractivity contribution in [3.05, 3.63) is 106 Å². The van der Waals surface area contributed by atoms with Crippen molar-refractivity contribution in [2.24, 2.45) is 7.05 Å². The van der Waals surface area contributed by atoms with Crippen molar-refractivity contribution >= 4 is 22.5 Å². The lowest BCUT2D eigenvalue weighted by molar-refractivity contribution is -0.119. The molecule has 5 rings (SSSR count). The van der Waals surface area contributed by atoms with Crippen molar-refractivity contribution in [3.63, 3.8) is 0 Å². The topological polar surface area (TPSA) is 55.2 Å². The molecule has 1 aromatic heterocycles. The highest BCUT2D eigenvalue weighted by Gasteiger charge is 2.38. The number of fused-ring (bicyclic) bond motifs is 2. The molecule has 0 aliphatic carbocycles. The first-order chi connectivity index (χ1) is 15.0. The van der Waals surface area contributed by atoms with Crippen molar-refractivity contribution in [3.8, 4) is 0 Å². The summed E-state index contributed by atoms with van der Waals surface area (Å²) in [7, 11) is 1.73. The SMILES string of the molecule is Cc1ccc2c(c1)[C@H](Cc1nc3ccccc3c(=O)n1C)C(=O)N2Cc1ccccc1. The van der Waals surface area contributed by atoms with E-state index in [-0.39, 0.29) is 17.4 Å². The molecule has 0 fully saturated rings. The Kier molecular flexibility index (Phi) is 4.66. The Balaban J connectivity index is 1.56. The van der Waals surface area contributed by atoms with Crippen LogP contribution in [0.25, 0.3) is 10.9 Å². The average Bonchev–Trinajstić information content (AvgIpc) is 3.03. The highest BCUT2D eigenvalue weighted by Crippen LogP contribution is 2.40. The number of hydrogen-bond donors (Lipinski definition) is 0. The van der Waals surface area contributed by atoms with E-state index in [1.807, 2.05) is 72.5 Å². The van der Waals surface area contributed by atoms with Gasteiger partial charge in [0.25, 0.3) is 5.56 Å². The number of benzene rings is 3. The van der Waals surface area contributed by atoms with Gasteiger partial charge in [-0.25, -0.2) is 4.98 Å². The van der Waals surface area contributed by atoms with Crippen LogP contribution in [0.4, 0.5) is 5.69 Å². The third kappa shape index (κ3) is 3.32. The molecule has 1 atom stereocenters. The minimum Gasteiger partial charge on any atom is -0.307 e. The number of anilines is 1. The highest BCUT2D eigenvalue weighted by atomic mass is 16.2. The van der Waals surface area contributed by atoms with Gasteiger partial charge < -0.3 is 4.90 Å². The largest absolute Gasteiger partial charge is 0.307 e. The van der Waals surface area contributed by atoms with E-state index < -0.39 is 0 Å². The molecule has 0 bridgehead atoms. The summed E-state index contributed by atoms with van der Waals surface area (Å²) in [6, 6.07) is 23.5. The second-order valence-corrected chi connectivity index (χ2v) is 8.14. The zero-order chi connectivity index (χ0) is 21.5. The van der Waals surface area contributed by atoms with Crippen molar-refractivity contribution < 1.29 is 4.79 Å². The van der Waals surface area contributed by atoms with Crippen LogP contribution in [0.3, 0.4) is 0 Å². The van der Waals surface area contributed by atoms with E-state index >= 15 is 0 Å². The number of carbonyl (C=O) groups is 1. The van der Waals surface area contributed by atoms with Gasteiger partial charge in [-0.3, -0.25) is 14.2 Å². The van der Waals surface area contributed by atoms with Crippen LogP contribution < -0.4 is 10.5 Å². The Hall–Kier alpha value is -3.73. The molecule has 4 aromatic rings. The predicted octanol–water partition coefficient (Wildman–Crippen LogP) is 4.12. The first-order valence-electron chi connectivity index (χ1n) is 10.4. The van der Waals surface area contributed by atoms with Gasteiger partial charge in [0.05, 0.1) is 23.4 Å². The summed E-state index contributed by atoms with van der Waals surface area (Å²) in [4.78, 5) is 33.0. The maximum absolute atomic E-state index is 13.6. The molecule has 5 heteroatoms. The maximum atomic E-state index is 13.6. The van der Waals surface area contributed by atoms with E-state index in [1.54, 1.807) is 17.7 Å². The summed E-state index contributed by atoms with van der Waals surface area (Å²) in [5.41, 5.74) is 4.71. The number of nitrogens with zero attached hydrogens (tertiary/aromatic N) is 3. The number of rotatable bonds is 4. The van der Waals surface area contributed by atoms with Gasteiger partial charge in [-0.2, -0.15) is 0 Å². The molecule has 154 valence electrons. The van der Waals surface area contributed by atoms with Crippen LogP contribution in [-0.4, -0.2) is 15.5 Å². The summed E-state index contributed by atoms with van der Waals surface area (Å²) >= 11 is 0. The summed E-state index contributed by atoms with van der Waals surface area (Å²) in [6.07, 6.45) is 0.386. The molecule has 1 amide bonds. The van der Waals surface area contributed by atoms with Gasteiger partial charge in [-0.05, 0) is 36.2 Å². The van der Waals surface area contributed by atoms with Gasteiger partial charge in [-0.1, -0.05) is 60.2 Å². The van der Waals surface area contributed by atoms with Crippen LogP contribution in [0.5, 0.6) is 0 Å². The average molecular weight is 409 g/mol. The lowest BCUT2D eigenvalue weighted by atomic mass is 9.95. The molecular formula is C26H23N3O2.